The first-order valence-corrected chi connectivity index (χ1v) is 10.0. The van der Waals surface area contributed by atoms with Gasteiger partial charge in [-0.1, -0.05) is 24.3 Å². The lowest BCUT2D eigenvalue weighted by Crippen LogP contribution is -2.39. The quantitative estimate of drug-likeness (QED) is 0.544. The zero-order valence-electron chi connectivity index (χ0n) is 16.0. The Kier molecular flexibility index (Phi) is 4.28. The predicted octanol–water partition coefficient (Wildman–Crippen LogP) is 3.80. The van der Waals surface area contributed by atoms with Crippen LogP contribution in [0.15, 0.2) is 57.7 Å². The van der Waals surface area contributed by atoms with Crippen molar-refractivity contribution in [2.75, 3.05) is 13.1 Å². The monoisotopic (exact) mass is 376 g/mol. The molecule has 4 aromatic rings. The minimum Gasteiger partial charge on any atom is -0.408 e. The molecule has 2 aromatic carbocycles. The highest BCUT2D eigenvalue weighted by Gasteiger charge is 2.26. The second-order valence-electron chi connectivity index (χ2n) is 7.50. The lowest BCUT2D eigenvalue weighted by atomic mass is 10.1. The Morgan fingerprint density at radius 1 is 1.11 bits per heavy atom. The number of imidazole rings is 1. The third-order valence-corrected chi connectivity index (χ3v) is 5.78. The Hall–Kier alpha value is -2.86. The van der Waals surface area contributed by atoms with Crippen LogP contribution in [-0.2, 0) is 13.1 Å². The molecule has 2 aromatic heterocycles. The van der Waals surface area contributed by atoms with Crippen LogP contribution in [0.2, 0.25) is 0 Å². The second-order valence-corrected chi connectivity index (χ2v) is 7.50. The van der Waals surface area contributed by atoms with Crippen molar-refractivity contribution in [3.8, 4) is 0 Å². The van der Waals surface area contributed by atoms with Crippen LogP contribution in [0.4, 0.5) is 0 Å². The standard InChI is InChI=1S/C22H24N4O2/c1-2-25-18-10-4-3-9-17(18)23-21(25)15-24-13-7-8-16(14-24)26-19-11-5-6-12-20(19)28-22(26)27/h3-6,9-12,16H,2,7-8,13-15H2,1H3/t16-/m1/s1. The molecule has 0 saturated carbocycles. The topological polar surface area (TPSA) is 56.2 Å². The van der Waals surface area contributed by atoms with Crippen molar-refractivity contribution in [1.82, 2.24) is 19.0 Å². The number of likely N-dealkylation sites (tertiary alicyclic amines) is 1. The van der Waals surface area contributed by atoms with Gasteiger partial charge in [0, 0.05) is 13.1 Å². The molecule has 1 saturated heterocycles. The van der Waals surface area contributed by atoms with Gasteiger partial charge in [-0.05, 0) is 50.6 Å². The molecule has 0 spiro atoms. The van der Waals surface area contributed by atoms with E-state index in [2.05, 4.69) is 34.6 Å². The lowest BCUT2D eigenvalue weighted by Gasteiger charge is -2.32. The van der Waals surface area contributed by atoms with E-state index in [0.29, 0.717) is 5.58 Å². The first-order chi connectivity index (χ1) is 13.7. The summed E-state index contributed by atoms with van der Waals surface area (Å²) in [6.45, 7) is 5.71. The number of nitrogens with zero attached hydrogens (tertiary/aromatic N) is 4. The molecule has 0 radical (unpaired) electrons. The molecule has 6 nitrogen and oxygen atoms in total. The Morgan fingerprint density at radius 2 is 1.89 bits per heavy atom. The van der Waals surface area contributed by atoms with Gasteiger partial charge in [0.25, 0.3) is 0 Å². The molecule has 3 heterocycles. The molecule has 5 rings (SSSR count). The van der Waals surface area contributed by atoms with Gasteiger partial charge in [0.2, 0.25) is 0 Å². The number of para-hydroxylation sites is 4. The molecule has 28 heavy (non-hydrogen) atoms. The number of hydrogen-bond acceptors (Lipinski definition) is 4. The van der Waals surface area contributed by atoms with Crippen LogP contribution < -0.4 is 5.76 Å². The van der Waals surface area contributed by atoms with Crippen LogP contribution in [0.5, 0.6) is 0 Å². The van der Waals surface area contributed by atoms with Crippen LogP contribution in [0.25, 0.3) is 22.1 Å². The molecule has 1 atom stereocenters. The summed E-state index contributed by atoms with van der Waals surface area (Å²) >= 11 is 0. The summed E-state index contributed by atoms with van der Waals surface area (Å²) in [5.41, 5.74) is 3.79. The number of aromatic nitrogens is 3. The number of piperidine rings is 1. The van der Waals surface area contributed by atoms with Crippen molar-refractivity contribution in [1.29, 1.82) is 0 Å². The predicted molar refractivity (Wildman–Crippen MR) is 109 cm³/mol. The molecule has 0 N–H and O–H groups in total. The highest BCUT2D eigenvalue weighted by atomic mass is 16.4. The summed E-state index contributed by atoms with van der Waals surface area (Å²) in [5, 5.41) is 0. The van der Waals surface area contributed by atoms with Gasteiger partial charge >= 0.3 is 5.76 Å². The van der Waals surface area contributed by atoms with E-state index in [1.54, 1.807) is 0 Å². The van der Waals surface area contributed by atoms with E-state index in [9.17, 15) is 4.79 Å². The van der Waals surface area contributed by atoms with Crippen molar-refractivity contribution in [2.24, 2.45) is 0 Å². The summed E-state index contributed by atoms with van der Waals surface area (Å²) in [6.07, 6.45) is 2.05. The fourth-order valence-electron chi connectivity index (χ4n) is 4.51. The van der Waals surface area contributed by atoms with E-state index >= 15 is 0 Å². The smallest absolute Gasteiger partial charge is 0.408 e. The van der Waals surface area contributed by atoms with Gasteiger partial charge in [-0.2, -0.15) is 0 Å². The van der Waals surface area contributed by atoms with Crippen LogP contribution in [0, 0.1) is 0 Å². The summed E-state index contributed by atoms with van der Waals surface area (Å²) in [5.74, 6) is 0.836. The largest absolute Gasteiger partial charge is 0.420 e. The summed E-state index contributed by atoms with van der Waals surface area (Å²) < 4.78 is 9.58. The first kappa shape index (κ1) is 17.3. The van der Waals surface area contributed by atoms with Crippen molar-refractivity contribution in [3.63, 3.8) is 0 Å². The van der Waals surface area contributed by atoms with Crippen LogP contribution in [0.3, 0.4) is 0 Å². The number of benzene rings is 2. The average Bonchev–Trinajstić information content (AvgIpc) is 3.24. The molecule has 6 heteroatoms. The normalized spacial score (nSPS) is 18.2. The summed E-state index contributed by atoms with van der Waals surface area (Å²) in [7, 11) is 0. The fraction of sp³-hybridized carbons (Fsp3) is 0.364. The molecule has 1 aliphatic heterocycles. The second kappa shape index (κ2) is 6.95. The van der Waals surface area contributed by atoms with E-state index in [4.69, 9.17) is 9.40 Å². The Labute approximate surface area is 163 Å². The van der Waals surface area contributed by atoms with Crippen LogP contribution >= 0.6 is 0 Å². The van der Waals surface area contributed by atoms with E-state index in [-0.39, 0.29) is 11.8 Å². The minimum atomic E-state index is -0.256. The number of rotatable bonds is 4. The zero-order valence-corrected chi connectivity index (χ0v) is 16.0. The first-order valence-electron chi connectivity index (χ1n) is 10.0. The fourth-order valence-corrected chi connectivity index (χ4v) is 4.51. The molecule has 0 bridgehead atoms. The van der Waals surface area contributed by atoms with E-state index in [1.807, 2.05) is 34.9 Å². The zero-order chi connectivity index (χ0) is 19.1. The van der Waals surface area contributed by atoms with Gasteiger partial charge in [0.1, 0.15) is 5.82 Å². The van der Waals surface area contributed by atoms with Crippen molar-refractivity contribution >= 4 is 22.1 Å². The summed E-state index contributed by atoms with van der Waals surface area (Å²) in [6, 6.07) is 16.1. The Balaban J connectivity index is 1.44. The lowest BCUT2D eigenvalue weighted by molar-refractivity contribution is 0.163. The maximum atomic E-state index is 12.5. The molecule has 1 fully saturated rings. The molecular formula is C22H24N4O2. The number of hydrogen-bond donors (Lipinski definition) is 0. The maximum absolute atomic E-state index is 12.5. The molecule has 0 amide bonds. The van der Waals surface area contributed by atoms with E-state index < -0.39 is 0 Å². The van der Waals surface area contributed by atoms with Crippen LogP contribution in [-0.4, -0.2) is 32.1 Å². The molecule has 144 valence electrons. The Morgan fingerprint density at radius 3 is 2.75 bits per heavy atom. The van der Waals surface area contributed by atoms with Gasteiger partial charge in [-0.3, -0.25) is 9.47 Å². The number of oxazole rings is 1. The van der Waals surface area contributed by atoms with Gasteiger partial charge in [0.05, 0.1) is 29.1 Å². The average molecular weight is 376 g/mol. The van der Waals surface area contributed by atoms with Crippen molar-refractivity contribution in [2.45, 2.75) is 38.9 Å². The summed E-state index contributed by atoms with van der Waals surface area (Å²) in [4.78, 5) is 19.8. The number of fused-ring (bicyclic) bond motifs is 2. The van der Waals surface area contributed by atoms with Gasteiger partial charge < -0.3 is 8.98 Å². The minimum absolute atomic E-state index is 0.129. The third kappa shape index (κ3) is 2.85. The highest BCUT2D eigenvalue weighted by Crippen LogP contribution is 2.26. The molecule has 0 unspecified atom stereocenters. The maximum Gasteiger partial charge on any atom is 0.420 e. The van der Waals surface area contributed by atoms with Gasteiger partial charge in [-0.15, -0.1) is 0 Å². The van der Waals surface area contributed by atoms with E-state index in [1.165, 1.54) is 5.52 Å². The van der Waals surface area contributed by atoms with Crippen LogP contribution in [0.1, 0.15) is 31.6 Å². The van der Waals surface area contributed by atoms with Gasteiger partial charge in [-0.25, -0.2) is 9.78 Å². The van der Waals surface area contributed by atoms with Crippen molar-refractivity contribution < 1.29 is 4.42 Å². The van der Waals surface area contributed by atoms with Crippen molar-refractivity contribution in [3.05, 3.63) is 64.9 Å². The molecular weight excluding hydrogens is 352 g/mol. The molecule has 0 aliphatic carbocycles. The van der Waals surface area contributed by atoms with Gasteiger partial charge in [0.15, 0.2) is 5.58 Å². The number of aryl methyl sites for hydroxylation is 1. The third-order valence-electron chi connectivity index (χ3n) is 5.78. The van der Waals surface area contributed by atoms with E-state index in [0.717, 1.165) is 55.9 Å². The molecule has 1 aliphatic rings. The SMILES string of the molecule is CCn1c(CN2CCC[C@@H](n3c(=O)oc4ccccc43)C2)nc2ccccc21. The Bertz CT molecular complexity index is 1190. The highest BCUT2D eigenvalue weighted by molar-refractivity contribution is 5.76.